The van der Waals surface area contributed by atoms with E-state index in [2.05, 4.69) is 38.9 Å². The number of nitrogens with zero attached hydrogens (tertiary/aromatic N) is 4. The van der Waals surface area contributed by atoms with E-state index < -0.39 is 34.7 Å². The molecule has 5 aromatic rings. The highest BCUT2D eigenvalue weighted by molar-refractivity contribution is 7.95. The van der Waals surface area contributed by atoms with Crippen molar-refractivity contribution >= 4 is 111 Å². The first-order valence-corrected chi connectivity index (χ1v) is 20.4. The first-order chi connectivity index (χ1) is 28.4. The number of allylic oxidation sites excluding steroid dienone is 1. The van der Waals surface area contributed by atoms with Crippen LogP contribution in [0.5, 0.6) is 11.5 Å². The molecule has 0 bridgehead atoms. The number of carboxylic acid groups (broad SMARTS) is 1. The zero-order valence-electron chi connectivity index (χ0n) is 31.0. The molecular weight excluding hydrogens is 841 g/mol. The fraction of sp³-hybridized carbons (Fsp3) is 0.132. The smallest absolute Gasteiger partial charge is 0.355 e. The number of aliphatic carboxylic acids is 1. The number of hydrazone groups is 1. The van der Waals surface area contributed by atoms with Crippen LogP contribution in [0.4, 0.5) is 28.4 Å². The number of ether oxygens (including phenoxy) is 1. The molecule has 0 radical (unpaired) electrons. The number of benzene rings is 5. The van der Waals surface area contributed by atoms with E-state index in [4.69, 9.17) is 29.3 Å². The highest BCUT2D eigenvalue weighted by Crippen LogP contribution is 2.42. The average Bonchev–Trinajstić information content (AvgIpc) is 3.56. The van der Waals surface area contributed by atoms with Crippen molar-refractivity contribution in [3.8, 4) is 11.5 Å². The lowest BCUT2D eigenvalue weighted by Crippen LogP contribution is -2.33. The van der Waals surface area contributed by atoms with Crippen LogP contribution in [0.3, 0.4) is 0 Å². The van der Waals surface area contributed by atoms with Gasteiger partial charge in [0.15, 0.2) is 5.71 Å². The van der Waals surface area contributed by atoms with Gasteiger partial charge in [0.25, 0.3) is 5.91 Å². The van der Waals surface area contributed by atoms with Crippen molar-refractivity contribution in [2.75, 3.05) is 34.5 Å². The summed E-state index contributed by atoms with van der Waals surface area (Å²) < 4.78 is 38.0. The number of carbonyl (C=O) groups is 2. The number of carbonyl (C=O) groups excluding carboxylic acids is 1. The molecule has 1 heterocycles. The van der Waals surface area contributed by atoms with Crippen molar-refractivity contribution in [2.45, 2.75) is 45.4 Å². The molecule has 17 nitrogen and oxygen atoms in total. The van der Waals surface area contributed by atoms with Gasteiger partial charge in [0.05, 0.1) is 62.3 Å². The molecule has 59 heavy (non-hydrogen) atoms. The third kappa shape index (κ3) is 8.52. The standard InChI is InChI=1S/C38H34N8O9S4/c1-18-14-28(29(53-2)17-27(18)45-55-59(52)36-25-4-3-5-30(57-51)24(25)12-13-26(36)39)44-54-58-31-16-19-15-20(6-11-23(19)35(47)32(31)40)41-42-33-34(38(49)50)43-46(37(33)48)21-7-9-22(56)10-8-21/h3-5,7-10,12-17,33,44-45,47,51,56H,6,11,39-40H2,1-2H3,(H,49,50)/p+1. The summed E-state index contributed by atoms with van der Waals surface area (Å²) in [6, 6.07) is 18.8. The predicted octanol–water partition coefficient (Wildman–Crippen LogP) is 6.76. The number of carboxylic acids is 1. The average molecular weight is 876 g/mol. The van der Waals surface area contributed by atoms with Gasteiger partial charge in [-0.3, -0.25) is 10.3 Å². The van der Waals surface area contributed by atoms with Crippen LogP contribution in [-0.2, 0) is 35.7 Å². The molecule has 2 aliphatic rings. The van der Waals surface area contributed by atoms with E-state index in [-0.39, 0.29) is 22.0 Å². The summed E-state index contributed by atoms with van der Waals surface area (Å²) in [5.41, 5.74) is 21.4. The molecule has 304 valence electrons. The Morgan fingerprint density at radius 1 is 1.05 bits per heavy atom. The number of nitrogens with two attached hydrogens (primary N) is 2. The summed E-state index contributed by atoms with van der Waals surface area (Å²) in [7, 11) is 1.46. The van der Waals surface area contributed by atoms with Crippen LogP contribution in [0, 0.1) is 6.92 Å². The fourth-order valence-electron chi connectivity index (χ4n) is 6.26. The SMILES string of the molecule is COc1cc(NOS(=O)c2c(N)ccc3c(S[OH2+])cccc23)c(C)cc1NOSc1cc2c(c(O)c1N)CCC(N=NC1C(=O)N(c3ccc(S)cc3)N=C1C(=O)O)=C2. The second kappa shape index (κ2) is 17.6. The Hall–Kier alpha value is -5.81. The van der Waals surface area contributed by atoms with Crippen LogP contribution in [0.25, 0.3) is 16.8 Å². The largest absolute Gasteiger partial charge is 0.505 e. The van der Waals surface area contributed by atoms with Crippen molar-refractivity contribution in [2.24, 2.45) is 15.3 Å². The number of hydrogen-bond donors (Lipinski definition) is 7. The van der Waals surface area contributed by atoms with Gasteiger partial charge in [-0.15, -0.1) is 12.6 Å². The molecular formula is C38H35N8O9S4+. The summed E-state index contributed by atoms with van der Waals surface area (Å²) in [4.78, 5) is 27.2. The second-order valence-corrected chi connectivity index (χ2v) is 15.9. The Kier molecular flexibility index (Phi) is 12.3. The van der Waals surface area contributed by atoms with Crippen LogP contribution in [0.2, 0.25) is 0 Å². The first-order valence-electron chi connectivity index (χ1n) is 17.4. The summed E-state index contributed by atoms with van der Waals surface area (Å²) in [5, 5.41) is 35.4. The Bertz CT molecular complexity index is 2630. The zero-order chi connectivity index (χ0) is 42.0. The van der Waals surface area contributed by atoms with Gasteiger partial charge < -0.3 is 31.0 Å². The third-order valence-corrected chi connectivity index (χ3v) is 11.8. The van der Waals surface area contributed by atoms with Crippen molar-refractivity contribution in [1.82, 2.24) is 0 Å². The van der Waals surface area contributed by atoms with E-state index in [0.717, 1.165) is 34.5 Å². The lowest BCUT2D eigenvalue weighted by atomic mass is 9.94. The molecule has 1 aliphatic heterocycles. The monoisotopic (exact) mass is 875 g/mol. The van der Waals surface area contributed by atoms with E-state index in [1.54, 1.807) is 85.8 Å². The summed E-state index contributed by atoms with van der Waals surface area (Å²) in [5.74, 6) is -1.87. The molecule has 0 spiro atoms. The Labute approximate surface area is 352 Å². The van der Waals surface area contributed by atoms with Gasteiger partial charge in [0.1, 0.15) is 17.2 Å². The molecule has 0 aromatic heterocycles. The Balaban J connectivity index is 1.03. The molecule has 0 fully saturated rings. The molecule has 10 N–H and O–H groups in total. The van der Waals surface area contributed by atoms with Gasteiger partial charge in [-0.1, -0.05) is 18.2 Å². The third-order valence-electron chi connectivity index (χ3n) is 9.26. The number of fused-ring (bicyclic) bond motifs is 2. The first kappa shape index (κ1) is 41.4. The lowest BCUT2D eigenvalue weighted by molar-refractivity contribution is -0.130. The number of rotatable bonds is 14. The number of phenols is 1. The predicted molar refractivity (Wildman–Crippen MR) is 231 cm³/mol. The number of aryl methyl sites for hydroxylation is 1. The van der Waals surface area contributed by atoms with Gasteiger partial charge in [0, 0.05) is 27.3 Å². The van der Waals surface area contributed by atoms with Crippen LogP contribution in [0.1, 0.15) is 23.1 Å². The summed E-state index contributed by atoms with van der Waals surface area (Å²) >= 11 is 3.87. The second-order valence-electron chi connectivity index (χ2n) is 12.9. The van der Waals surface area contributed by atoms with Crippen LogP contribution >= 0.6 is 36.7 Å². The van der Waals surface area contributed by atoms with E-state index in [9.17, 15) is 24.0 Å². The Morgan fingerprint density at radius 3 is 2.56 bits per heavy atom. The number of aromatic hydroxyl groups is 1. The summed E-state index contributed by atoms with van der Waals surface area (Å²) in [6.45, 7) is 1.78. The van der Waals surface area contributed by atoms with Gasteiger partial charge in [0.2, 0.25) is 29.2 Å². The number of nitrogen functional groups attached to an aromatic ring is 2. The normalized spacial score (nSPS) is 15.6. The molecule has 7 rings (SSSR count). The number of phenolic OH excluding ortho intramolecular Hbond substituents is 1. The number of amides is 1. The minimum atomic E-state index is -2.03. The highest BCUT2D eigenvalue weighted by atomic mass is 32.2. The molecule has 2 unspecified atom stereocenters. The molecule has 1 aliphatic carbocycles. The van der Waals surface area contributed by atoms with Gasteiger partial charge in [-0.2, -0.15) is 28.9 Å². The number of thiol groups is 1. The van der Waals surface area contributed by atoms with Crippen molar-refractivity contribution in [3.05, 3.63) is 95.2 Å². The minimum Gasteiger partial charge on any atom is -0.505 e. The maximum atomic E-state index is 13.4. The van der Waals surface area contributed by atoms with Crippen molar-refractivity contribution < 1.29 is 41.9 Å². The van der Waals surface area contributed by atoms with E-state index in [1.165, 1.54) is 7.11 Å². The van der Waals surface area contributed by atoms with Gasteiger partial charge >= 0.3 is 5.97 Å². The minimum absolute atomic E-state index is 0.0910. The van der Waals surface area contributed by atoms with Gasteiger partial charge in [-0.25, -0.2) is 14.5 Å². The van der Waals surface area contributed by atoms with Crippen LogP contribution in [0.15, 0.2) is 113 Å². The number of hydrogen-bond acceptors (Lipinski definition) is 17. The van der Waals surface area contributed by atoms with E-state index in [1.807, 2.05) is 0 Å². The number of nitrogens with one attached hydrogen (secondary N) is 2. The lowest BCUT2D eigenvalue weighted by Gasteiger charge is -2.19. The van der Waals surface area contributed by atoms with Crippen molar-refractivity contribution in [1.29, 1.82) is 0 Å². The molecule has 1 amide bonds. The highest BCUT2D eigenvalue weighted by Gasteiger charge is 2.41. The molecule has 0 saturated carbocycles. The van der Waals surface area contributed by atoms with E-state index in [0.29, 0.717) is 78.1 Å². The zero-order valence-corrected chi connectivity index (χ0v) is 34.3. The maximum Gasteiger partial charge on any atom is 0.355 e. The van der Waals surface area contributed by atoms with E-state index >= 15 is 0 Å². The number of methoxy groups -OCH3 is 1. The molecule has 5 aromatic carbocycles. The molecule has 2 atom stereocenters. The van der Waals surface area contributed by atoms with Gasteiger partial charge in [-0.05, 0) is 85.5 Å². The molecule has 21 heteroatoms. The van der Waals surface area contributed by atoms with Crippen molar-refractivity contribution in [3.63, 3.8) is 0 Å². The topological polar surface area (TPSA) is 259 Å². The number of azo groups is 1. The fourth-order valence-corrected chi connectivity index (χ4v) is 8.29. The van der Waals surface area contributed by atoms with Crippen LogP contribution in [-0.4, -0.2) is 49.7 Å². The van der Waals surface area contributed by atoms with Crippen LogP contribution < -0.4 is 32.2 Å². The quantitative estimate of drug-likeness (QED) is 0.0116. The number of anilines is 5. The Morgan fingerprint density at radius 2 is 1.83 bits per heavy atom. The summed E-state index contributed by atoms with van der Waals surface area (Å²) in [6.07, 6.45) is 2.34. The maximum absolute atomic E-state index is 13.4. The molecule has 0 saturated heterocycles.